The van der Waals surface area contributed by atoms with Gasteiger partial charge in [0.25, 0.3) is 0 Å². The maximum absolute atomic E-state index is 12.3. The van der Waals surface area contributed by atoms with Gasteiger partial charge < -0.3 is 5.73 Å². The Morgan fingerprint density at radius 3 is 1.91 bits per heavy atom. The molecular weight excluding hydrogens is 276 g/mol. The van der Waals surface area contributed by atoms with Gasteiger partial charge in [-0.2, -0.15) is 5.26 Å². The highest BCUT2D eigenvalue weighted by molar-refractivity contribution is 6.12. The van der Waals surface area contributed by atoms with Gasteiger partial charge in [0.15, 0.2) is 5.78 Å². The van der Waals surface area contributed by atoms with Crippen molar-refractivity contribution in [3.8, 4) is 6.07 Å². The predicted octanol–water partition coefficient (Wildman–Crippen LogP) is 2.88. The molecule has 2 N–H and O–H groups in total. The molecule has 0 amide bonds. The van der Waals surface area contributed by atoms with Crippen molar-refractivity contribution in [2.24, 2.45) is 5.73 Å². The Labute approximate surface area is 128 Å². The standard InChI is InChI=1S/C18H14N2O2/c19-12-15(18(22)14-9-5-2-6-10-14)16(20)11-17(21)13-7-3-1-4-8-13/h1-10H,11,20H2/b16-15-. The van der Waals surface area contributed by atoms with E-state index in [0.717, 1.165) is 0 Å². The molecule has 0 fully saturated rings. The Balaban J connectivity index is 2.25. The van der Waals surface area contributed by atoms with Gasteiger partial charge in [-0.25, -0.2) is 0 Å². The number of carbonyl (C=O) groups is 2. The summed E-state index contributed by atoms with van der Waals surface area (Å²) < 4.78 is 0. The van der Waals surface area contributed by atoms with Gasteiger partial charge >= 0.3 is 0 Å². The maximum Gasteiger partial charge on any atom is 0.205 e. The Morgan fingerprint density at radius 1 is 0.909 bits per heavy atom. The number of nitriles is 1. The maximum atomic E-state index is 12.3. The van der Waals surface area contributed by atoms with Crippen LogP contribution in [0.3, 0.4) is 0 Å². The summed E-state index contributed by atoms with van der Waals surface area (Å²) >= 11 is 0. The lowest BCUT2D eigenvalue weighted by molar-refractivity contribution is 0.0992. The van der Waals surface area contributed by atoms with E-state index in [0.29, 0.717) is 11.1 Å². The van der Waals surface area contributed by atoms with Gasteiger partial charge in [-0.3, -0.25) is 9.59 Å². The highest BCUT2D eigenvalue weighted by Crippen LogP contribution is 2.14. The van der Waals surface area contributed by atoms with Gasteiger partial charge in [0.05, 0.1) is 6.42 Å². The second-order valence-corrected chi connectivity index (χ2v) is 4.67. The minimum atomic E-state index is -0.471. The molecule has 0 aromatic heterocycles. The third-order valence-electron chi connectivity index (χ3n) is 3.14. The molecule has 2 aromatic carbocycles. The van der Waals surface area contributed by atoms with E-state index in [1.165, 1.54) is 0 Å². The molecule has 108 valence electrons. The van der Waals surface area contributed by atoms with Gasteiger partial charge in [-0.15, -0.1) is 0 Å². The average Bonchev–Trinajstić information content (AvgIpc) is 2.57. The van der Waals surface area contributed by atoms with Crippen molar-refractivity contribution in [2.75, 3.05) is 0 Å². The van der Waals surface area contributed by atoms with Crippen molar-refractivity contribution >= 4 is 11.6 Å². The van der Waals surface area contributed by atoms with Gasteiger partial charge in [-0.05, 0) is 0 Å². The van der Waals surface area contributed by atoms with E-state index in [4.69, 9.17) is 5.73 Å². The molecule has 0 unspecified atom stereocenters. The Bertz CT molecular complexity index is 757. The molecule has 0 aliphatic carbocycles. The van der Waals surface area contributed by atoms with E-state index in [1.54, 1.807) is 60.7 Å². The molecule has 0 radical (unpaired) electrons. The van der Waals surface area contributed by atoms with Crippen LogP contribution in [-0.4, -0.2) is 11.6 Å². The summed E-state index contributed by atoms with van der Waals surface area (Å²) in [6.45, 7) is 0. The number of nitrogens with two attached hydrogens (primary N) is 1. The summed E-state index contributed by atoms with van der Waals surface area (Å²) in [7, 11) is 0. The predicted molar refractivity (Wildman–Crippen MR) is 83.0 cm³/mol. The zero-order valence-electron chi connectivity index (χ0n) is 11.8. The highest BCUT2D eigenvalue weighted by Gasteiger charge is 2.17. The fourth-order valence-electron chi connectivity index (χ4n) is 1.99. The number of hydrogen-bond acceptors (Lipinski definition) is 4. The molecule has 4 heteroatoms. The Hall–Kier alpha value is -3.19. The van der Waals surface area contributed by atoms with Crippen molar-refractivity contribution in [3.63, 3.8) is 0 Å². The zero-order valence-corrected chi connectivity index (χ0v) is 11.8. The second-order valence-electron chi connectivity index (χ2n) is 4.67. The normalized spacial score (nSPS) is 11.2. The zero-order chi connectivity index (χ0) is 15.9. The average molecular weight is 290 g/mol. The molecule has 0 saturated heterocycles. The van der Waals surface area contributed by atoms with Crippen LogP contribution in [0.1, 0.15) is 27.1 Å². The van der Waals surface area contributed by atoms with Gasteiger partial charge in [0.2, 0.25) is 5.78 Å². The number of carbonyl (C=O) groups excluding carboxylic acids is 2. The van der Waals surface area contributed by atoms with Crippen molar-refractivity contribution in [1.29, 1.82) is 5.26 Å². The largest absolute Gasteiger partial charge is 0.400 e. The van der Waals surface area contributed by atoms with Crippen LogP contribution in [0.4, 0.5) is 0 Å². The fraction of sp³-hybridized carbons (Fsp3) is 0.0556. The molecule has 0 aliphatic heterocycles. The van der Waals surface area contributed by atoms with Crippen LogP contribution in [0.15, 0.2) is 71.9 Å². The van der Waals surface area contributed by atoms with Crippen molar-refractivity contribution < 1.29 is 9.59 Å². The van der Waals surface area contributed by atoms with E-state index in [-0.39, 0.29) is 23.5 Å². The molecule has 0 atom stereocenters. The summed E-state index contributed by atoms with van der Waals surface area (Å²) in [5, 5.41) is 9.19. The van der Waals surface area contributed by atoms with Crippen LogP contribution in [0, 0.1) is 11.3 Å². The molecular formula is C18H14N2O2. The smallest absolute Gasteiger partial charge is 0.205 e. The molecule has 0 saturated carbocycles. The van der Waals surface area contributed by atoms with E-state index in [1.807, 2.05) is 6.07 Å². The quantitative estimate of drug-likeness (QED) is 0.521. The van der Waals surface area contributed by atoms with Crippen molar-refractivity contribution in [3.05, 3.63) is 83.1 Å². The SMILES string of the molecule is N#C/C(C(=O)c1ccccc1)=C(/N)CC(=O)c1ccccc1. The first-order valence-corrected chi connectivity index (χ1v) is 6.70. The number of hydrogen-bond donors (Lipinski definition) is 1. The molecule has 2 aromatic rings. The van der Waals surface area contributed by atoms with Crippen LogP contribution in [0.25, 0.3) is 0 Å². The number of ketones is 2. The molecule has 0 bridgehead atoms. The van der Waals surface area contributed by atoms with Crippen molar-refractivity contribution in [1.82, 2.24) is 0 Å². The lowest BCUT2D eigenvalue weighted by Crippen LogP contribution is -2.14. The van der Waals surface area contributed by atoms with Crippen LogP contribution >= 0.6 is 0 Å². The Morgan fingerprint density at radius 2 is 1.41 bits per heavy atom. The number of allylic oxidation sites excluding steroid dienone is 2. The summed E-state index contributed by atoms with van der Waals surface area (Å²) in [6, 6.07) is 18.8. The van der Waals surface area contributed by atoms with Gasteiger partial charge in [-0.1, -0.05) is 60.7 Å². The Kier molecular flexibility index (Phi) is 4.84. The number of nitrogens with zero attached hydrogens (tertiary/aromatic N) is 1. The lowest BCUT2D eigenvalue weighted by Gasteiger charge is -2.05. The van der Waals surface area contributed by atoms with Gasteiger partial charge in [0, 0.05) is 16.8 Å². The minimum Gasteiger partial charge on any atom is -0.400 e. The topological polar surface area (TPSA) is 83.9 Å². The van der Waals surface area contributed by atoms with Crippen LogP contribution in [-0.2, 0) is 0 Å². The first kappa shape index (κ1) is 15.2. The molecule has 4 nitrogen and oxygen atoms in total. The third kappa shape index (κ3) is 3.47. The monoisotopic (exact) mass is 290 g/mol. The molecule has 0 heterocycles. The van der Waals surface area contributed by atoms with E-state index in [2.05, 4.69) is 0 Å². The van der Waals surface area contributed by atoms with Gasteiger partial charge in [0.1, 0.15) is 11.6 Å². The molecule has 2 rings (SSSR count). The molecule has 0 aliphatic rings. The molecule has 22 heavy (non-hydrogen) atoms. The minimum absolute atomic E-state index is 0.00907. The van der Waals surface area contributed by atoms with E-state index >= 15 is 0 Å². The van der Waals surface area contributed by atoms with E-state index in [9.17, 15) is 14.9 Å². The summed E-state index contributed by atoms with van der Waals surface area (Å²) in [5.74, 6) is -0.701. The van der Waals surface area contributed by atoms with Crippen LogP contribution in [0.2, 0.25) is 0 Å². The van der Waals surface area contributed by atoms with Crippen LogP contribution in [0.5, 0.6) is 0 Å². The third-order valence-corrected chi connectivity index (χ3v) is 3.14. The summed E-state index contributed by atoms with van der Waals surface area (Å²) in [4.78, 5) is 24.4. The highest BCUT2D eigenvalue weighted by atomic mass is 16.1. The van der Waals surface area contributed by atoms with Crippen molar-refractivity contribution in [2.45, 2.75) is 6.42 Å². The fourth-order valence-corrected chi connectivity index (χ4v) is 1.99. The number of benzene rings is 2. The first-order valence-electron chi connectivity index (χ1n) is 6.70. The summed E-state index contributed by atoms with van der Waals surface area (Å²) in [5.41, 5.74) is 6.49. The second kappa shape index (κ2) is 7.00. The van der Waals surface area contributed by atoms with E-state index < -0.39 is 5.78 Å². The first-order chi connectivity index (χ1) is 10.6. The molecule has 0 spiro atoms. The lowest BCUT2D eigenvalue weighted by atomic mass is 9.99. The number of rotatable bonds is 5. The van der Waals surface area contributed by atoms with Crippen LogP contribution < -0.4 is 5.73 Å². The summed E-state index contributed by atoms with van der Waals surface area (Å²) in [6.07, 6.45) is -0.161. The number of Topliss-reactive ketones (excluding diaryl/α,β-unsaturated/α-hetero) is 2.